The van der Waals surface area contributed by atoms with E-state index in [4.69, 9.17) is 16.3 Å². The highest BCUT2D eigenvalue weighted by Gasteiger charge is 2.18. The molecule has 0 saturated carbocycles. The zero-order chi connectivity index (χ0) is 12.4. The third kappa shape index (κ3) is 2.70. The summed E-state index contributed by atoms with van der Waals surface area (Å²) in [7, 11) is 0. The molecule has 0 unspecified atom stereocenters. The minimum atomic E-state index is -0.231. The summed E-state index contributed by atoms with van der Waals surface area (Å²) in [5.41, 5.74) is 0.953. The largest absolute Gasteiger partial charge is 0.482 e. The Morgan fingerprint density at radius 2 is 2.35 bits per heavy atom. The Hall–Kier alpha value is -1.27. The molecule has 0 spiro atoms. The molecule has 2 amide bonds. The van der Waals surface area contributed by atoms with E-state index in [0.29, 0.717) is 22.1 Å². The van der Waals surface area contributed by atoms with Gasteiger partial charge in [0.2, 0.25) is 5.91 Å². The van der Waals surface area contributed by atoms with Crippen LogP contribution in [0.3, 0.4) is 0 Å². The average Bonchev–Trinajstić information content (AvgIpc) is 2.30. The van der Waals surface area contributed by atoms with E-state index < -0.39 is 0 Å². The lowest BCUT2D eigenvalue weighted by Gasteiger charge is -2.19. The highest BCUT2D eigenvalue weighted by molar-refractivity contribution is 9.09. The first kappa shape index (κ1) is 12.2. The number of rotatable bonds is 2. The van der Waals surface area contributed by atoms with Gasteiger partial charge in [-0.15, -0.1) is 0 Å². The van der Waals surface area contributed by atoms with Gasteiger partial charge in [-0.3, -0.25) is 9.59 Å². The van der Waals surface area contributed by atoms with Gasteiger partial charge in [0.05, 0.1) is 21.7 Å². The van der Waals surface area contributed by atoms with E-state index in [0.717, 1.165) is 0 Å². The van der Waals surface area contributed by atoms with Crippen LogP contribution in [-0.2, 0) is 9.59 Å². The number of ether oxygens (including phenoxy) is 1. The maximum Gasteiger partial charge on any atom is 0.262 e. The van der Waals surface area contributed by atoms with Crippen LogP contribution in [0.2, 0.25) is 5.02 Å². The molecule has 1 aliphatic rings. The highest BCUT2D eigenvalue weighted by Crippen LogP contribution is 2.36. The molecule has 0 saturated heterocycles. The van der Waals surface area contributed by atoms with Crippen LogP contribution in [0.4, 0.5) is 11.4 Å². The van der Waals surface area contributed by atoms with Crippen molar-refractivity contribution in [2.45, 2.75) is 0 Å². The number of fused-ring (bicyclic) bond motifs is 1. The van der Waals surface area contributed by atoms with E-state index >= 15 is 0 Å². The van der Waals surface area contributed by atoms with Crippen LogP contribution in [0.25, 0.3) is 0 Å². The molecule has 0 fully saturated rings. The molecule has 0 atom stereocenters. The minimum Gasteiger partial charge on any atom is -0.482 e. The number of carbonyl (C=O) groups excluding carboxylic acids is 2. The molecule has 1 aromatic carbocycles. The topological polar surface area (TPSA) is 67.4 Å². The van der Waals surface area contributed by atoms with Crippen molar-refractivity contribution in [1.29, 1.82) is 0 Å². The first-order chi connectivity index (χ1) is 8.10. The van der Waals surface area contributed by atoms with Crippen LogP contribution >= 0.6 is 27.5 Å². The standard InChI is InChI=1S/C10H8BrClN2O3/c11-3-9(15)13-6-2-8-7(1-5(6)12)14-10(16)4-17-8/h1-2H,3-4H2,(H,13,15)(H,14,16). The summed E-state index contributed by atoms with van der Waals surface area (Å²) in [4.78, 5) is 22.3. The first-order valence-corrected chi connectivity index (χ1v) is 6.22. The van der Waals surface area contributed by atoms with Crippen LogP contribution in [0, 0.1) is 0 Å². The lowest BCUT2D eigenvalue weighted by molar-refractivity contribution is -0.118. The van der Waals surface area contributed by atoms with E-state index in [1.807, 2.05) is 0 Å². The lowest BCUT2D eigenvalue weighted by Crippen LogP contribution is -2.25. The maximum absolute atomic E-state index is 11.2. The van der Waals surface area contributed by atoms with Gasteiger partial charge in [0.1, 0.15) is 5.75 Å². The van der Waals surface area contributed by atoms with Crippen molar-refractivity contribution in [3.63, 3.8) is 0 Å². The molecule has 7 heteroatoms. The number of hydrogen-bond donors (Lipinski definition) is 2. The van der Waals surface area contributed by atoms with Gasteiger partial charge >= 0.3 is 0 Å². The van der Waals surface area contributed by atoms with Crippen molar-refractivity contribution < 1.29 is 14.3 Å². The summed E-state index contributed by atoms with van der Waals surface area (Å²) in [6, 6.07) is 3.12. The molecule has 5 nitrogen and oxygen atoms in total. The molecule has 0 aliphatic carbocycles. The number of carbonyl (C=O) groups is 2. The number of nitrogens with one attached hydrogen (secondary N) is 2. The smallest absolute Gasteiger partial charge is 0.262 e. The van der Waals surface area contributed by atoms with Crippen molar-refractivity contribution in [3.8, 4) is 5.75 Å². The van der Waals surface area contributed by atoms with Crippen molar-refractivity contribution in [1.82, 2.24) is 0 Å². The Bertz CT molecular complexity index is 493. The van der Waals surface area contributed by atoms with Gasteiger partial charge in [0.15, 0.2) is 6.61 Å². The first-order valence-electron chi connectivity index (χ1n) is 4.72. The quantitative estimate of drug-likeness (QED) is 0.819. The zero-order valence-electron chi connectivity index (χ0n) is 8.55. The van der Waals surface area contributed by atoms with Crippen LogP contribution < -0.4 is 15.4 Å². The van der Waals surface area contributed by atoms with Gasteiger partial charge < -0.3 is 15.4 Å². The number of alkyl halides is 1. The number of amides is 2. The molecule has 2 N–H and O–H groups in total. The van der Waals surface area contributed by atoms with E-state index in [-0.39, 0.29) is 23.8 Å². The summed E-state index contributed by atoms with van der Waals surface area (Å²) >= 11 is 9.01. The van der Waals surface area contributed by atoms with Gasteiger partial charge in [-0.2, -0.15) is 0 Å². The van der Waals surface area contributed by atoms with Crippen molar-refractivity contribution in [2.24, 2.45) is 0 Å². The molecule has 17 heavy (non-hydrogen) atoms. The molecule has 0 aromatic heterocycles. The number of anilines is 2. The molecule has 2 rings (SSSR count). The molecule has 1 heterocycles. The molecular weight excluding hydrogens is 311 g/mol. The molecule has 1 aliphatic heterocycles. The summed E-state index contributed by atoms with van der Waals surface area (Å²) in [5.74, 6) is 0.0383. The predicted octanol–water partition coefficient (Wildman–Crippen LogP) is 2.00. The lowest BCUT2D eigenvalue weighted by atomic mass is 10.2. The number of halogens is 2. The number of hydrogen-bond acceptors (Lipinski definition) is 3. The third-order valence-corrected chi connectivity index (χ3v) is 2.92. The highest BCUT2D eigenvalue weighted by atomic mass is 79.9. The van der Waals surface area contributed by atoms with Crippen molar-refractivity contribution in [2.75, 3.05) is 22.6 Å². The summed E-state index contributed by atoms with van der Waals surface area (Å²) < 4.78 is 5.21. The monoisotopic (exact) mass is 318 g/mol. The zero-order valence-corrected chi connectivity index (χ0v) is 10.9. The third-order valence-electron chi connectivity index (χ3n) is 2.10. The Labute approximate surface area is 111 Å². The average molecular weight is 320 g/mol. The molecular formula is C10H8BrClN2O3. The summed E-state index contributed by atoms with van der Waals surface area (Å²) in [6.45, 7) is -0.0412. The molecule has 0 bridgehead atoms. The maximum atomic E-state index is 11.2. The Kier molecular flexibility index (Phi) is 3.54. The van der Waals surface area contributed by atoms with Gasteiger partial charge in [0.25, 0.3) is 5.91 Å². The fourth-order valence-corrected chi connectivity index (χ4v) is 1.73. The Morgan fingerprint density at radius 1 is 1.59 bits per heavy atom. The SMILES string of the molecule is O=C(CBr)Nc1cc2c(cc1Cl)NC(=O)CO2. The van der Waals surface area contributed by atoms with Crippen LogP contribution in [0.1, 0.15) is 0 Å². The van der Waals surface area contributed by atoms with Gasteiger partial charge in [-0.05, 0) is 6.07 Å². The Balaban J connectivity index is 2.31. The van der Waals surface area contributed by atoms with E-state index in [1.165, 1.54) is 6.07 Å². The fourth-order valence-electron chi connectivity index (χ4n) is 1.38. The molecule has 1 aromatic rings. The van der Waals surface area contributed by atoms with Crippen LogP contribution in [-0.4, -0.2) is 23.8 Å². The summed E-state index contributed by atoms with van der Waals surface area (Å²) in [5, 5.41) is 5.75. The summed E-state index contributed by atoms with van der Waals surface area (Å²) in [6.07, 6.45) is 0. The second-order valence-electron chi connectivity index (χ2n) is 3.35. The molecule has 90 valence electrons. The van der Waals surface area contributed by atoms with Gasteiger partial charge in [-0.25, -0.2) is 0 Å². The van der Waals surface area contributed by atoms with Gasteiger partial charge in [0, 0.05) is 6.07 Å². The van der Waals surface area contributed by atoms with Gasteiger partial charge in [-0.1, -0.05) is 27.5 Å². The fraction of sp³-hybridized carbons (Fsp3) is 0.200. The number of benzene rings is 1. The van der Waals surface area contributed by atoms with E-state index in [9.17, 15) is 9.59 Å². The minimum absolute atomic E-state index is 0.0412. The second-order valence-corrected chi connectivity index (χ2v) is 4.31. The van der Waals surface area contributed by atoms with Crippen molar-refractivity contribution >= 4 is 50.7 Å². The van der Waals surface area contributed by atoms with Crippen LogP contribution in [0.15, 0.2) is 12.1 Å². The second kappa shape index (κ2) is 4.93. The van der Waals surface area contributed by atoms with Crippen molar-refractivity contribution in [3.05, 3.63) is 17.2 Å². The van der Waals surface area contributed by atoms with Crippen LogP contribution in [0.5, 0.6) is 5.75 Å². The Morgan fingerprint density at radius 3 is 3.06 bits per heavy atom. The predicted molar refractivity (Wildman–Crippen MR) is 68.0 cm³/mol. The van der Waals surface area contributed by atoms with E-state index in [1.54, 1.807) is 6.07 Å². The molecule has 0 radical (unpaired) electrons. The van der Waals surface area contributed by atoms with E-state index in [2.05, 4.69) is 26.6 Å². The normalized spacial score (nSPS) is 13.4.